The van der Waals surface area contributed by atoms with Gasteiger partial charge in [0.2, 0.25) is 0 Å². The fraction of sp³-hybridized carbons (Fsp3) is 0.421. The van der Waals surface area contributed by atoms with Gasteiger partial charge in [-0.1, -0.05) is 30.3 Å². The Bertz CT molecular complexity index is 607. The molecule has 0 aliphatic carbocycles. The van der Waals surface area contributed by atoms with Crippen LogP contribution in [0.4, 0.5) is 0 Å². The second-order valence-electron chi connectivity index (χ2n) is 5.95. The molecule has 132 valence electrons. The predicted octanol–water partition coefficient (Wildman–Crippen LogP) is 3.72. The third-order valence-electron chi connectivity index (χ3n) is 3.75. The minimum absolute atomic E-state index is 0. The van der Waals surface area contributed by atoms with Gasteiger partial charge in [0.1, 0.15) is 0 Å². The summed E-state index contributed by atoms with van der Waals surface area (Å²) in [7, 11) is 2.03. The molecule has 1 aromatic carbocycles. The summed E-state index contributed by atoms with van der Waals surface area (Å²) in [5.74, 6) is 0.886. The Balaban J connectivity index is 0.00000288. The molecule has 0 aliphatic heterocycles. The molecule has 1 heterocycles. The van der Waals surface area contributed by atoms with Crippen LogP contribution in [0, 0.1) is 0 Å². The quantitative estimate of drug-likeness (QED) is 0.392. The minimum atomic E-state index is 0. The molecule has 0 fully saturated rings. The van der Waals surface area contributed by atoms with Gasteiger partial charge in [-0.25, -0.2) is 4.99 Å². The molecule has 2 rings (SSSR count). The summed E-state index contributed by atoms with van der Waals surface area (Å²) in [6, 6.07) is 13.1. The van der Waals surface area contributed by atoms with Crippen molar-refractivity contribution in [3.63, 3.8) is 0 Å². The molecule has 1 aromatic heterocycles. The van der Waals surface area contributed by atoms with Crippen molar-refractivity contribution in [3.05, 3.63) is 59.9 Å². The SMILES string of the molecule is CCNC(=NCc1ccn(C)c1)NC(C)CCc1ccccc1.I. The Kier molecular flexibility index (Phi) is 9.52. The van der Waals surface area contributed by atoms with Crippen molar-refractivity contribution in [1.82, 2.24) is 15.2 Å². The molecule has 2 N–H and O–H groups in total. The Morgan fingerprint density at radius 2 is 1.92 bits per heavy atom. The molecule has 0 saturated carbocycles. The van der Waals surface area contributed by atoms with Crippen molar-refractivity contribution in [2.24, 2.45) is 12.0 Å². The van der Waals surface area contributed by atoms with Gasteiger partial charge in [-0.2, -0.15) is 0 Å². The van der Waals surface area contributed by atoms with Gasteiger partial charge < -0.3 is 15.2 Å². The molecule has 0 bridgehead atoms. The van der Waals surface area contributed by atoms with Crippen LogP contribution in [-0.4, -0.2) is 23.1 Å². The van der Waals surface area contributed by atoms with E-state index in [1.54, 1.807) is 0 Å². The molecule has 4 nitrogen and oxygen atoms in total. The van der Waals surface area contributed by atoms with E-state index in [1.807, 2.05) is 17.8 Å². The van der Waals surface area contributed by atoms with Crippen LogP contribution >= 0.6 is 24.0 Å². The van der Waals surface area contributed by atoms with Crippen LogP contribution in [0.5, 0.6) is 0 Å². The highest BCUT2D eigenvalue weighted by Gasteiger charge is 2.05. The van der Waals surface area contributed by atoms with Gasteiger partial charge in [0.15, 0.2) is 5.96 Å². The summed E-state index contributed by atoms with van der Waals surface area (Å²) in [6.07, 6.45) is 6.31. The smallest absolute Gasteiger partial charge is 0.191 e. The lowest BCUT2D eigenvalue weighted by Crippen LogP contribution is -2.42. The molecular weight excluding hydrogens is 411 g/mol. The summed E-state index contributed by atoms with van der Waals surface area (Å²) in [5.41, 5.74) is 2.61. The van der Waals surface area contributed by atoms with Crippen LogP contribution < -0.4 is 10.6 Å². The lowest BCUT2D eigenvalue weighted by Gasteiger charge is -2.17. The first-order valence-corrected chi connectivity index (χ1v) is 8.37. The monoisotopic (exact) mass is 440 g/mol. The number of guanidine groups is 1. The molecule has 1 atom stereocenters. The standard InChI is InChI=1S/C19H28N4.HI/c1-4-20-19(21-14-18-12-13-23(3)15-18)22-16(2)10-11-17-8-6-5-7-9-17;/h5-9,12-13,15-16H,4,10-11,14H2,1-3H3,(H2,20,21,22);1H. The zero-order chi connectivity index (χ0) is 16.5. The molecule has 0 radical (unpaired) electrons. The molecule has 0 aliphatic rings. The second kappa shape index (κ2) is 11.1. The number of aryl methyl sites for hydroxylation is 2. The Hall–Kier alpha value is -1.50. The zero-order valence-corrected chi connectivity index (χ0v) is 17.2. The number of nitrogens with one attached hydrogen (secondary N) is 2. The van der Waals surface area contributed by atoms with Crippen molar-refractivity contribution in [2.45, 2.75) is 39.3 Å². The van der Waals surface area contributed by atoms with E-state index >= 15 is 0 Å². The molecule has 0 amide bonds. The van der Waals surface area contributed by atoms with E-state index in [0.717, 1.165) is 25.3 Å². The van der Waals surface area contributed by atoms with Crippen LogP contribution in [0.3, 0.4) is 0 Å². The lowest BCUT2D eigenvalue weighted by atomic mass is 10.1. The van der Waals surface area contributed by atoms with Crippen LogP contribution in [0.15, 0.2) is 53.8 Å². The van der Waals surface area contributed by atoms with Gasteiger partial charge in [-0.3, -0.25) is 0 Å². The van der Waals surface area contributed by atoms with Crippen LogP contribution in [-0.2, 0) is 20.0 Å². The van der Waals surface area contributed by atoms with Gasteiger partial charge in [-0.05, 0) is 43.9 Å². The molecule has 1 unspecified atom stereocenters. The first kappa shape index (κ1) is 20.5. The van der Waals surface area contributed by atoms with Gasteiger partial charge >= 0.3 is 0 Å². The minimum Gasteiger partial charge on any atom is -0.357 e. The topological polar surface area (TPSA) is 41.4 Å². The largest absolute Gasteiger partial charge is 0.357 e. The number of benzene rings is 1. The molecule has 0 spiro atoms. The van der Waals surface area contributed by atoms with Crippen molar-refractivity contribution in [3.8, 4) is 0 Å². The number of aliphatic imine (C=N–C) groups is 1. The normalized spacial score (nSPS) is 12.4. The highest BCUT2D eigenvalue weighted by molar-refractivity contribution is 14.0. The average Bonchev–Trinajstić information content (AvgIpc) is 2.97. The second-order valence-corrected chi connectivity index (χ2v) is 5.95. The fourth-order valence-electron chi connectivity index (χ4n) is 2.48. The third kappa shape index (κ3) is 7.38. The Labute approximate surface area is 162 Å². The van der Waals surface area contributed by atoms with E-state index in [0.29, 0.717) is 12.6 Å². The fourth-order valence-corrected chi connectivity index (χ4v) is 2.48. The number of rotatable bonds is 7. The van der Waals surface area contributed by atoms with Gasteiger partial charge in [0, 0.05) is 32.0 Å². The molecule has 0 saturated heterocycles. The van der Waals surface area contributed by atoms with Crippen molar-refractivity contribution < 1.29 is 0 Å². The van der Waals surface area contributed by atoms with Crippen LogP contribution in [0.1, 0.15) is 31.4 Å². The number of aromatic nitrogens is 1. The van der Waals surface area contributed by atoms with Crippen LogP contribution in [0.2, 0.25) is 0 Å². The van der Waals surface area contributed by atoms with E-state index in [9.17, 15) is 0 Å². The summed E-state index contributed by atoms with van der Waals surface area (Å²) < 4.78 is 2.05. The van der Waals surface area contributed by atoms with Crippen molar-refractivity contribution >= 4 is 29.9 Å². The number of hydrogen-bond acceptors (Lipinski definition) is 1. The van der Waals surface area contributed by atoms with E-state index in [4.69, 9.17) is 0 Å². The Morgan fingerprint density at radius 1 is 1.17 bits per heavy atom. The maximum absolute atomic E-state index is 4.67. The maximum Gasteiger partial charge on any atom is 0.191 e. The predicted molar refractivity (Wildman–Crippen MR) is 113 cm³/mol. The number of halogens is 1. The summed E-state index contributed by atoms with van der Waals surface area (Å²) in [5, 5.41) is 6.82. The van der Waals surface area contributed by atoms with E-state index in [-0.39, 0.29) is 24.0 Å². The van der Waals surface area contributed by atoms with E-state index in [1.165, 1.54) is 11.1 Å². The highest BCUT2D eigenvalue weighted by atomic mass is 127. The molecule has 2 aromatic rings. The highest BCUT2D eigenvalue weighted by Crippen LogP contribution is 2.05. The first-order chi connectivity index (χ1) is 11.2. The van der Waals surface area contributed by atoms with Gasteiger partial charge in [0.05, 0.1) is 6.54 Å². The Morgan fingerprint density at radius 3 is 2.54 bits per heavy atom. The molecule has 5 heteroatoms. The van der Waals surface area contributed by atoms with Gasteiger partial charge in [-0.15, -0.1) is 24.0 Å². The summed E-state index contributed by atoms with van der Waals surface area (Å²) in [4.78, 5) is 4.67. The van der Waals surface area contributed by atoms with Crippen molar-refractivity contribution in [2.75, 3.05) is 6.54 Å². The number of hydrogen-bond donors (Lipinski definition) is 2. The van der Waals surface area contributed by atoms with Crippen molar-refractivity contribution in [1.29, 1.82) is 0 Å². The molecule has 24 heavy (non-hydrogen) atoms. The number of nitrogens with zero attached hydrogens (tertiary/aromatic N) is 2. The lowest BCUT2D eigenvalue weighted by molar-refractivity contribution is 0.593. The third-order valence-corrected chi connectivity index (χ3v) is 3.75. The van der Waals surface area contributed by atoms with E-state index < -0.39 is 0 Å². The summed E-state index contributed by atoms with van der Waals surface area (Å²) in [6.45, 7) is 5.86. The van der Waals surface area contributed by atoms with E-state index in [2.05, 4.69) is 72.1 Å². The maximum atomic E-state index is 4.67. The van der Waals surface area contributed by atoms with Crippen LogP contribution in [0.25, 0.3) is 0 Å². The summed E-state index contributed by atoms with van der Waals surface area (Å²) >= 11 is 0. The van der Waals surface area contributed by atoms with Gasteiger partial charge in [0.25, 0.3) is 0 Å². The first-order valence-electron chi connectivity index (χ1n) is 8.37. The zero-order valence-electron chi connectivity index (χ0n) is 14.8. The average molecular weight is 440 g/mol. The molecular formula is C19H29IN4.